The summed E-state index contributed by atoms with van der Waals surface area (Å²) in [6.07, 6.45) is 0. The van der Waals surface area contributed by atoms with Crippen LogP contribution in [0, 0.1) is 6.92 Å². The summed E-state index contributed by atoms with van der Waals surface area (Å²) in [5.74, 6) is -0.699. The van der Waals surface area contributed by atoms with Crippen LogP contribution in [0.25, 0.3) is 5.69 Å². The molecule has 2 N–H and O–H groups in total. The van der Waals surface area contributed by atoms with Crippen molar-refractivity contribution in [2.45, 2.75) is 13.5 Å². The lowest BCUT2D eigenvalue weighted by Crippen LogP contribution is -2.37. The Bertz CT molecular complexity index is 891. The third-order valence-electron chi connectivity index (χ3n) is 3.73. The maximum Gasteiger partial charge on any atom is 0.274 e. The van der Waals surface area contributed by atoms with Gasteiger partial charge in [0.25, 0.3) is 5.91 Å². The lowest BCUT2D eigenvalue weighted by Gasteiger charge is -2.06. The summed E-state index contributed by atoms with van der Waals surface area (Å²) in [6.45, 7) is 2.00. The fourth-order valence-corrected chi connectivity index (χ4v) is 2.37. The van der Waals surface area contributed by atoms with Gasteiger partial charge in [-0.1, -0.05) is 48.5 Å². The monoisotopic (exact) mass is 349 g/mol. The first-order valence-corrected chi connectivity index (χ1v) is 8.21. The Morgan fingerprint density at radius 1 is 0.923 bits per heavy atom. The second-order valence-corrected chi connectivity index (χ2v) is 5.70. The van der Waals surface area contributed by atoms with Crippen LogP contribution in [0.3, 0.4) is 0 Å². The third kappa shape index (κ3) is 4.32. The van der Waals surface area contributed by atoms with Crippen molar-refractivity contribution in [1.82, 2.24) is 25.6 Å². The first-order valence-electron chi connectivity index (χ1n) is 8.21. The molecule has 2 amide bonds. The number of benzene rings is 2. The first-order chi connectivity index (χ1) is 12.6. The first kappa shape index (κ1) is 17.3. The molecule has 0 saturated carbocycles. The number of rotatable bonds is 6. The molecule has 7 nitrogen and oxygen atoms in total. The van der Waals surface area contributed by atoms with Crippen molar-refractivity contribution in [3.8, 4) is 5.69 Å². The molecule has 0 aliphatic carbocycles. The molecule has 2 aromatic carbocycles. The molecular weight excluding hydrogens is 330 g/mol. The fourth-order valence-electron chi connectivity index (χ4n) is 2.37. The van der Waals surface area contributed by atoms with Crippen LogP contribution < -0.4 is 10.6 Å². The third-order valence-corrected chi connectivity index (χ3v) is 3.73. The minimum Gasteiger partial charge on any atom is -0.350 e. The smallest absolute Gasteiger partial charge is 0.274 e. The highest BCUT2D eigenvalue weighted by Crippen LogP contribution is 2.07. The molecule has 7 heteroatoms. The quantitative estimate of drug-likeness (QED) is 0.708. The van der Waals surface area contributed by atoms with E-state index in [1.54, 1.807) is 6.92 Å². The Hall–Kier alpha value is -3.48. The molecule has 0 aliphatic heterocycles. The predicted molar refractivity (Wildman–Crippen MR) is 96.7 cm³/mol. The molecular formula is C19H19N5O2. The Morgan fingerprint density at radius 3 is 2.27 bits per heavy atom. The highest BCUT2D eigenvalue weighted by atomic mass is 16.2. The zero-order valence-electron chi connectivity index (χ0n) is 14.3. The molecule has 0 radical (unpaired) electrons. The minimum absolute atomic E-state index is 0.122. The molecule has 0 saturated heterocycles. The molecule has 0 spiro atoms. The summed E-state index contributed by atoms with van der Waals surface area (Å²) >= 11 is 0. The zero-order chi connectivity index (χ0) is 18.4. The van der Waals surface area contributed by atoms with Gasteiger partial charge in [-0.25, -0.2) is 0 Å². The van der Waals surface area contributed by atoms with E-state index < -0.39 is 5.91 Å². The number of aromatic nitrogens is 3. The predicted octanol–water partition coefficient (Wildman–Crippen LogP) is 1.62. The highest BCUT2D eigenvalue weighted by molar-refractivity contribution is 5.95. The number of hydrogen-bond acceptors (Lipinski definition) is 4. The van der Waals surface area contributed by atoms with E-state index in [1.165, 1.54) is 4.80 Å². The van der Waals surface area contributed by atoms with Crippen molar-refractivity contribution in [1.29, 1.82) is 0 Å². The van der Waals surface area contributed by atoms with E-state index in [-0.39, 0.29) is 18.1 Å². The van der Waals surface area contributed by atoms with Gasteiger partial charge in [-0.3, -0.25) is 9.59 Å². The van der Waals surface area contributed by atoms with Gasteiger partial charge in [0, 0.05) is 6.54 Å². The summed E-state index contributed by atoms with van der Waals surface area (Å²) in [5.41, 5.74) is 2.45. The molecule has 3 rings (SSSR count). The molecule has 0 fully saturated rings. The maximum absolute atomic E-state index is 12.3. The van der Waals surface area contributed by atoms with Gasteiger partial charge in [0.2, 0.25) is 5.91 Å². The van der Waals surface area contributed by atoms with Crippen LogP contribution in [0.1, 0.15) is 21.7 Å². The average Bonchev–Trinajstić information content (AvgIpc) is 3.08. The van der Waals surface area contributed by atoms with Crippen LogP contribution in [0.2, 0.25) is 0 Å². The summed E-state index contributed by atoms with van der Waals surface area (Å²) in [5, 5.41) is 13.8. The van der Waals surface area contributed by atoms with Gasteiger partial charge < -0.3 is 10.6 Å². The number of para-hydroxylation sites is 1. The van der Waals surface area contributed by atoms with Gasteiger partial charge in [-0.2, -0.15) is 9.90 Å². The molecule has 3 aromatic rings. The van der Waals surface area contributed by atoms with Crippen LogP contribution in [-0.4, -0.2) is 33.4 Å². The van der Waals surface area contributed by atoms with E-state index in [0.29, 0.717) is 12.2 Å². The Kier molecular flexibility index (Phi) is 5.38. The molecule has 1 heterocycles. The lowest BCUT2D eigenvalue weighted by molar-refractivity contribution is -0.120. The standard InChI is InChI=1S/C19H19N5O2/c1-14-18(23-24(22-14)16-10-6-3-7-11-16)19(26)21-13-17(25)20-12-15-8-4-2-5-9-15/h2-11H,12-13H2,1H3,(H,20,25)(H,21,26). The summed E-state index contributed by atoms with van der Waals surface area (Å²) in [6, 6.07) is 18.9. The molecule has 1 aromatic heterocycles. The van der Waals surface area contributed by atoms with Gasteiger partial charge in [-0.15, -0.1) is 5.10 Å². The fraction of sp³-hybridized carbons (Fsp3) is 0.158. The van der Waals surface area contributed by atoms with Gasteiger partial charge in [0.1, 0.15) is 0 Å². The molecule has 0 unspecified atom stereocenters. The van der Waals surface area contributed by atoms with E-state index in [4.69, 9.17) is 0 Å². The van der Waals surface area contributed by atoms with Gasteiger partial charge in [0.15, 0.2) is 5.69 Å². The topological polar surface area (TPSA) is 88.9 Å². The maximum atomic E-state index is 12.3. The molecule has 0 aliphatic rings. The average molecular weight is 349 g/mol. The van der Waals surface area contributed by atoms with Crippen molar-refractivity contribution < 1.29 is 9.59 Å². The number of amides is 2. The number of nitrogens with one attached hydrogen (secondary N) is 2. The van der Waals surface area contributed by atoms with Crippen LogP contribution in [0.5, 0.6) is 0 Å². The molecule has 0 atom stereocenters. The number of carbonyl (C=O) groups is 2. The SMILES string of the molecule is Cc1nn(-c2ccccc2)nc1C(=O)NCC(=O)NCc1ccccc1. The summed E-state index contributed by atoms with van der Waals surface area (Å²) in [4.78, 5) is 25.6. The van der Waals surface area contributed by atoms with Crippen LogP contribution in [0.15, 0.2) is 60.7 Å². The number of hydrogen-bond donors (Lipinski definition) is 2. The zero-order valence-corrected chi connectivity index (χ0v) is 14.3. The van der Waals surface area contributed by atoms with Gasteiger partial charge >= 0.3 is 0 Å². The number of aryl methyl sites for hydroxylation is 1. The van der Waals surface area contributed by atoms with E-state index in [9.17, 15) is 9.59 Å². The summed E-state index contributed by atoms with van der Waals surface area (Å²) < 4.78 is 0. The lowest BCUT2D eigenvalue weighted by atomic mass is 10.2. The van der Waals surface area contributed by atoms with Crippen LogP contribution in [-0.2, 0) is 11.3 Å². The number of carbonyl (C=O) groups excluding carboxylic acids is 2. The molecule has 132 valence electrons. The van der Waals surface area contributed by atoms with Gasteiger partial charge in [-0.05, 0) is 24.6 Å². The van der Waals surface area contributed by atoms with Crippen molar-refractivity contribution in [2.75, 3.05) is 6.54 Å². The second-order valence-electron chi connectivity index (χ2n) is 5.70. The van der Waals surface area contributed by atoms with Crippen LogP contribution >= 0.6 is 0 Å². The van der Waals surface area contributed by atoms with E-state index in [0.717, 1.165) is 11.3 Å². The Labute approximate surface area is 151 Å². The van der Waals surface area contributed by atoms with Crippen LogP contribution in [0.4, 0.5) is 0 Å². The largest absolute Gasteiger partial charge is 0.350 e. The van der Waals surface area contributed by atoms with Crippen molar-refractivity contribution >= 4 is 11.8 Å². The molecule has 26 heavy (non-hydrogen) atoms. The molecule has 0 bridgehead atoms. The Balaban J connectivity index is 1.55. The minimum atomic E-state index is -0.431. The normalized spacial score (nSPS) is 10.3. The van der Waals surface area contributed by atoms with E-state index in [2.05, 4.69) is 20.8 Å². The van der Waals surface area contributed by atoms with Gasteiger partial charge in [0.05, 0.1) is 17.9 Å². The second kappa shape index (κ2) is 8.06. The van der Waals surface area contributed by atoms with Crippen molar-refractivity contribution in [2.24, 2.45) is 0 Å². The van der Waals surface area contributed by atoms with E-state index in [1.807, 2.05) is 60.7 Å². The van der Waals surface area contributed by atoms with Crippen molar-refractivity contribution in [3.63, 3.8) is 0 Å². The van der Waals surface area contributed by atoms with Crippen molar-refractivity contribution in [3.05, 3.63) is 77.6 Å². The highest BCUT2D eigenvalue weighted by Gasteiger charge is 2.17. The van der Waals surface area contributed by atoms with E-state index >= 15 is 0 Å². The number of nitrogens with zero attached hydrogens (tertiary/aromatic N) is 3. The Morgan fingerprint density at radius 2 is 1.58 bits per heavy atom. The summed E-state index contributed by atoms with van der Waals surface area (Å²) in [7, 11) is 0.